The van der Waals surface area contributed by atoms with Crippen molar-refractivity contribution in [3.8, 4) is 11.5 Å². The van der Waals surface area contributed by atoms with Gasteiger partial charge in [-0.1, -0.05) is 0 Å². The minimum absolute atomic E-state index is 0.217. The van der Waals surface area contributed by atoms with Crippen LogP contribution in [0.5, 0.6) is 11.5 Å². The number of rotatable bonds is 4. The first-order chi connectivity index (χ1) is 8.31. The van der Waals surface area contributed by atoms with Crippen LogP contribution in [0, 0.1) is 0 Å². The van der Waals surface area contributed by atoms with Crippen LogP contribution in [-0.4, -0.2) is 38.5 Å². The van der Waals surface area contributed by atoms with Gasteiger partial charge >= 0.3 is 0 Å². The first kappa shape index (κ1) is 12.0. The first-order valence-corrected chi connectivity index (χ1v) is 6.03. The molecule has 17 heavy (non-hydrogen) atoms. The minimum atomic E-state index is 0.217. The lowest BCUT2D eigenvalue weighted by atomic mass is 10.2. The number of benzene rings is 1. The summed E-state index contributed by atoms with van der Waals surface area (Å²) in [5.74, 6) is 1.64. The number of nitrogens with zero attached hydrogens (tertiary/aromatic N) is 1. The molecule has 0 aromatic heterocycles. The van der Waals surface area contributed by atoms with E-state index in [0.717, 1.165) is 36.6 Å². The van der Waals surface area contributed by atoms with E-state index in [2.05, 4.69) is 4.90 Å². The lowest BCUT2D eigenvalue weighted by Crippen LogP contribution is -2.19. The van der Waals surface area contributed by atoms with Gasteiger partial charge in [0.2, 0.25) is 0 Å². The van der Waals surface area contributed by atoms with Crippen molar-refractivity contribution in [1.29, 1.82) is 0 Å². The highest BCUT2D eigenvalue weighted by molar-refractivity contribution is 5.56. The van der Waals surface area contributed by atoms with E-state index in [1.807, 2.05) is 25.2 Å². The predicted octanol–water partition coefficient (Wildman–Crippen LogP) is 1.67. The molecule has 0 spiro atoms. The van der Waals surface area contributed by atoms with Crippen LogP contribution in [0.25, 0.3) is 0 Å². The van der Waals surface area contributed by atoms with E-state index in [4.69, 9.17) is 14.6 Å². The van der Waals surface area contributed by atoms with Gasteiger partial charge in [-0.25, -0.2) is 0 Å². The molecule has 0 aliphatic carbocycles. The van der Waals surface area contributed by atoms with Gasteiger partial charge in [-0.05, 0) is 18.6 Å². The van der Waals surface area contributed by atoms with Gasteiger partial charge in [-0.15, -0.1) is 0 Å². The SMILES string of the molecule is CN(CCCO)c1ccc2c(c1)OCCCO2. The number of ether oxygens (including phenoxy) is 2. The number of aliphatic hydroxyl groups excluding tert-OH is 1. The average molecular weight is 237 g/mol. The summed E-state index contributed by atoms with van der Waals surface area (Å²) in [5.41, 5.74) is 1.09. The number of fused-ring (bicyclic) bond motifs is 1. The maximum Gasteiger partial charge on any atom is 0.163 e. The van der Waals surface area contributed by atoms with E-state index in [1.54, 1.807) is 0 Å². The van der Waals surface area contributed by atoms with Gasteiger partial charge < -0.3 is 19.5 Å². The molecule has 4 heteroatoms. The van der Waals surface area contributed by atoms with Crippen molar-refractivity contribution in [2.45, 2.75) is 12.8 Å². The molecular weight excluding hydrogens is 218 g/mol. The molecule has 0 radical (unpaired) electrons. The van der Waals surface area contributed by atoms with E-state index in [0.29, 0.717) is 13.2 Å². The summed E-state index contributed by atoms with van der Waals surface area (Å²) in [6, 6.07) is 5.97. The Bertz CT molecular complexity index is 368. The second-order valence-corrected chi connectivity index (χ2v) is 4.18. The highest BCUT2D eigenvalue weighted by Crippen LogP contribution is 2.33. The Kier molecular flexibility index (Phi) is 4.09. The second kappa shape index (κ2) is 5.77. The summed E-state index contributed by atoms with van der Waals surface area (Å²) in [5, 5.41) is 8.82. The molecule has 0 saturated heterocycles. The lowest BCUT2D eigenvalue weighted by molar-refractivity contribution is 0.290. The molecule has 2 rings (SSSR count). The van der Waals surface area contributed by atoms with Crippen LogP contribution in [0.2, 0.25) is 0 Å². The lowest BCUT2D eigenvalue weighted by Gasteiger charge is -2.20. The van der Waals surface area contributed by atoms with Crippen molar-refractivity contribution in [1.82, 2.24) is 0 Å². The molecule has 0 bridgehead atoms. The topological polar surface area (TPSA) is 41.9 Å². The molecule has 1 heterocycles. The maximum absolute atomic E-state index is 8.82. The smallest absolute Gasteiger partial charge is 0.163 e. The zero-order chi connectivity index (χ0) is 12.1. The molecule has 0 unspecified atom stereocenters. The summed E-state index contributed by atoms with van der Waals surface area (Å²) in [6.45, 7) is 2.47. The third-order valence-corrected chi connectivity index (χ3v) is 2.82. The largest absolute Gasteiger partial charge is 0.490 e. The minimum Gasteiger partial charge on any atom is -0.490 e. The van der Waals surface area contributed by atoms with Crippen LogP contribution >= 0.6 is 0 Å². The molecule has 4 nitrogen and oxygen atoms in total. The average Bonchev–Trinajstić information content (AvgIpc) is 2.60. The van der Waals surface area contributed by atoms with Crippen molar-refractivity contribution in [2.24, 2.45) is 0 Å². The molecule has 1 aromatic carbocycles. The van der Waals surface area contributed by atoms with Crippen molar-refractivity contribution in [3.63, 3.8) is 0 Å². The van der Waals surface area contributed by atoms with Crippen molar-refractivity contribution in [2.75, 3.05) is 38.3 Å². The van der Waals surface area contributed by atoms with Gasteiger partial charge in [0, 0.05) is 38.4 Å². The van der Waals surface area contributed by atoms with E-state index in [1.165, 1.54) is 0 Å². The van der Waals surface area contributed by atoms with Crippen molar-refractivity contribution < 1.29 is 14.6 Å². The van der Waals surface area contributed by atoms with Gasteiger partial charge in [0.25, 0.3) is 0 Å². The molecule has 1 aliphatic heterocycles. The Hall–Kier alpha value is -1.42. The molecule has 1 aliphatic rings. The number of hydrogen-bond acceptors (Lipinski definition) is 4. The molecule has 0 fully saturated rings. The highest BCUT2D eigenvalue weighted by atomic mass is 16.5. The zero-order valence-electron chi connectivity index (χ0n) is 10.2. The molecule has 94 valence electrons. The van der Waals surface area contributed by atoms with Crippen LogP contribution < -0.4 is 14.4 Å². The van der Waals surface area contributed by atoms with Gasteiger partial charge in [0.1, 0.15) is 0 Å². The fraction of sp³-hybridized carbons (Fsp3) is 0.538. The van der Waals surface area contributed by atoms with Crippen LogP contribution in [-0.2, 0) is 0 Å². The van der Waals surface area contributed by atoms with Gasteiger partial charge in [0.05, 0.1) is 13.2 Å². The highest BCUT2D eigenvalue weighted by Gasteiger charge is 2.11. The van der Waals surface area contributed by atoms with E-state index in [9.17, 15) is 0 Å². The summed E-state index contributed by atoms with van der Waals surface area (Å²) in [4.78, 5) is 2.10. The fourth-order valence-corrected chi connectivity index (χ4v) is 1.83. The third-order valence-electron chi connectivity index (χ3n) is 2.82. The normalized spacial score (nSPS) is 14.2. The van der Waals surface area contributed by atoms with Crippen LogP contribution in [0.4, 0.5) is 5.69 Å². The van der Waals surface area contributed by atoms with Crippen LogP contribution in [0.1, 0.15) is 12.8 Å². The molecule has 0 saturated carbocycles. The summed E-state index contributed by atoms with van der Waals surface area (Å²) in [7, 11) is 2.01. The number of hydrogen-bond donors (Lipinski definition) is 1. The summed E-state index contributed by atoms with van der Waals surface area (Å²) >= 11 is 0. The van der Waals surface area contributed by atoms with Crippen LogP contribution in [0.15, 0.2) is 18.2 Å². The molecule has 1 N–H and O–H groups in total. The fourth-order valence-electron chi connectivity index (χ4n) is 1.83. The zero-order valence-corrected chi connectivity index (χ0v) is 10.2. The quantitative estimate of drug-likeness (QED) is 0.865. The third kappa shape index (κ3) is 3.03. The standard InChI is InChI=1S/C13H19NO3/c1-14(6-2-7-15)11-4-5-12-13(10-11)17-9-3-8-16-12/h4-5,10,15H,2-3,6-9H2,1H3. The summed E-state index contributed by atoms with van der Waals surface area (Å²) in [6.07, 6.45) is 1.69. The predicted molar refractivity (Wildman–Crippen MR) is 67.0 cm³/mol. The molecule has 1 aromatic rings. The Morgan fingerprint density at radius 3 is 2.76 bits per heavy atom. The first-order valence-electron chi connectivity index (χ1n) is 6.03. The van der Waals surface area contributed by atoms with Crippen LogP contribution in [0.3, 0.4) is 0 Å². The van der Waals surface area contributed by atoms with E-state index in [-0.39, 0.29) is 6.61 Å². The Balaban J connectivity index is 2.11. The van der Waals surface area contributed by atoms with Crippen molar-refractivity contribution in [3.05, 3.63) is 18.2 Å². The molecule has 0 amide bonds. The molecular formula is C13H19NO3. The van der Waals surface area contributed by atoms with Crippen molar-refractivity contribution >= 4 is 5.69 Å². The van der Waals surface area contributed by atoms with Gasteiger partial charge in [0.15, 0.2) is 11.5 Å². The second-order valence-electron chi connectivity index (χ2n) is 4.18. The van der Waals surface area contributed by atoms with E-state index >= 15 is 0 Å². The van der Waals surface area contributed by atoms with Gasteiger partial charge in [-0.3, -0.25) is 0 Å². The number of aliphatic hydroxyl groups is 1. The maximum atomic E-state index is 8.82. The monoisotopic (exact) mass is 237 g/mol. The Morgan fingerprint density at radius 2 is 2.00 bits per heavy atom. The Labute approximate surface area is 102 Å². The molecule has 0 atom stereocenters. The summed E-state index contributed by atoms with van der Waals surface area (Å²) < 4.78 is 11.2. The number of anilines is 1. The van der Waals surface area contributed by atoms with Gasteiger partial charge in [-0.2, -0.15) is 0 Å². The van der Waals surface area contributed by atoms with E-state index < -0.39 is 0 Å². The Morgan fingerprint density at radius 1 is 1.24 bits per heavy atom.